The third kappa shape index (κ3) is 4.23. The predicted molar refractivity (Wildman–Crippen MR) is 122 cm³/mol. The molecule has 5 rings (SSSR count). The van der Waals surface area contributed by atoms with Crippen molar-refractivity contribution in [2.75, 3.05) is 13.1 Å². The van der Waals surface area contributed by atoms with Crippen molar-refractivity contribution in [2.24, 2.45) is 5.92 Å². The van der Waals surface area contributed by atoms with Crippen molar-refractivity contribution in [3.05, 3.63) is 70.2 Å². The number of hydrogen-bond donors (Lipinski definition) is 0. The Kier molecular flexibility index (Phi) is 5.75. The molecule has 2 aliphatic carbocycles. The Morgan fingerprint density at radius 1 is 0.935 bits per heavy atom. The van der Waals surface area contributed by atoms with Crippen molar-refractivity contribution in [1.29, 1.82) is 0 Å². The van der Waals surface area contributed by atoms with E-state index in [4.69, 9.17) is 11.6 Å². The maximum atomic E-state index is 13.8. The van der Waals surface area contributed by atoms with Gasteiger partial charge >= 0.3 is 0 Å². The third-order valence-corrected chi connectivity index (χ3v) is 7.27. The first-order valence-corrected chi connectivity index (χ1v) is 11.9. The zero-order chi connectivity index (χ0) is 21.4. The van der Waals surface area contributed by atoms with Crippen molar-refractivity contribution in [3.8, 4) is 0 Å². The fourth-order valence-corrected chi connectivity index (χ4v) is 5.43. The second kappa shape index (κ2) is 8.66. The molecule has 0 N–H and O–H groups in total. The van der Waals surface area contributed by atoms with Gasteiger partial charge in [-0.1, -0.05) is 35.9 Å². The van der Waals surface area contributed by atoms with Gasteiger partial charge in [-0.25, -0.2) is 0 Å². The predicted octanol–water partition coefficient (Wildman–Crippen LogP) is 5.26. The Balaban J connectivity index is 1.35. The van der Waals surface area contributed by atoms with Crippen LogP contribution in [0.2, 0.25) is 5.02 Å². The first-order valence-electron chi connectivity index (χ1n) is 11.6. The molecule has 0 aromatic heterocycles. The van der Waals surface area contributed by atoms with E-state index < -0.39 is 0 Å². The fourth-order valence-electron chi connectivity index (χ4n) is 5.31. The van der Waals surface area contributed by atoms with E-state index in [2.05, 4.69) is 29.2 Å². The number of hydrogen-bond acceptors (Lipinski definition) is 2. The van der Waals surface area contributed by atoms with Gasteiger partial charge in [-0.2, -0.15) is 0 Å². The standard InChI is InChI=1S/C26H29ClN2O2/c27-21-12-10-19(11-13-21)25(30)28-16-4-7-20(17-28)26(31)29(22-14-15-22)24-9-3-6-18-5-1-2-8-23(18)24/h1-2,5,8,10-13,20,22,24H,3-4,6-7,9,14-17H2. The summed E-state index contributed by atoms with van der Waals surface area (Å²) in [4.78, 5) is 30.9. The Morgan fingerprint density at radius 2 is 1.71 bits per heavy atom. The van der Waals surface area contributed by atoms with Crippen LogP contribution in [0.15, 0.2) is 48.5 Å². The van der Waals surface area contributed by atoms with Crippen molar-refractivity contribution >= 4 is 23.4 Å². The number of piperidine rings is 1. The van der Waals surface area contributed by atoms with Gasteiger partial charge in [-0.3, -0.25) is 9.59 Å². The maximum absolute atomic E-state index is 13.8. The molecule has 2 atom stereocenters. The van der Waals surface area contributed by atoms with Crippen LogP contribution < -0.4 is 0 Å². The van der Waals surface area contributed by atoms with Crippen molar-refractivity contribution in [3.63, 3.8) is 0 Å². The van der Waals surface area contributed by atoms with Crippen molar-refractivity contribution < 1.29 is 9.59 Å². The van der Waals surface area contributed by atoms with E-state index in [0.29, 0.717) is 29.7 Å². The molecule has 0 spiro atoms. The summed E-state index contributed by atoms with van der Waals surface area (Å²) in [7, 11) is 0. The van der Waals surface area contributed by atoms with Gasteiger partial charge < -0.3 is 9.80 Å². The van der Waals surface area contributed by atoms with E-state index >= 15 is 0 Å². The molecule has 2 aromatic rings. The van der Waals surface area contributed by atoms with Crippen LogP contribution in [0.3, 0.4) is 0 Å². The van der Waals surface area contributed by atoms with E-state index in [9.17, 15) is 9.59 Å². The summed E-state index contributed by atoms with van der Waals surface area (Å²) in [6, 6.07) is 16.2. The summed E-state index contributed by atoms with van der Waals surface area (Å²) in [5.41, 5.74) is 3.36. The number of fused-ring (bicyclic) bond motifs is 1. The smallest absolute Gasteiger partial charge is 0.253 e. The summed E-state index contributed by atoms with van der Waals surface area (Å²) in [5, 5.41) is 0.621. The highest BCUT2D eigenvalue weighted by Crippen LogP contribution is 2.42. The van der Waals surface area contributed by atoms with Crippen LogP contribution in [0.1, 0.15) is 66.1 Å². The van der Waals surface area contributed by atoms with E-state index in [1.165, 1.54) is 11.1 Å². The van der Waals surface area contributed by atoms with Crippen LogP contribution in [-0.4, -0.2) is 40.7 Å². The summed E-state index contributed by atoms with van der Waals surface area (Å²) in [6.07, 6.45) is 7.21. The van der Waals surface area contributed by atoms with Crippen LogP contribution in [0, 0.1) is 5.92 Å². The lowest BCUT2D eigenvalue weighted by molar-refractivity contribution is -0.140. The van der Waals surface area contributed by atoms with E-state index in [1.807, 2.05) is 4.90 Å². The van der Waals surface area contributed by atoms with E-state index in [-0.39, 0.29) is 23.8 Å². The number of likely N-dealkylation sites (tertiary alicyclic amines) is 1. The molecule has 3 aliphatic rings. The Hall–Kier alpha value is -2.33. The number of benzene rings is 2. The highest BCUT2D eigenvalue weighted by molar-refractivity contribution is 6.30. The number of carbonyl (C=O) groups is 2. The van der Waals surface area contributed by atoms with Crippen molar-refractivity contribution in [1.82, 2.24) is 9.80 Å². The number of amides is 2. The molecule has 2 amide bonds. The van der Waals surface area contributed by atoms with Gasteiger partial charge in [-0.15, -0.1) is 0 Å². The van der Waals surface area contributed by atoms with Gasteiger partial charge in [0.1, 0.15) is 0 Å². The SMILES string of the molecule is O=C(c1ccc(Cl)cc1)N1CCCC(C(=O)N(C2CC2)C2CCCc3ccccc32)C1. The lowest BCUT2D eigenvalue weighted by Crippen LogP contribution is -2.48. The summed E-state index contributed by atoms with van der Waals surface area (Å²) in [5.74, 6) is 0.132. The number of carbonyl (C=O) groups excluding carboxylic acids is 2. The molecule has 0 bridgehead atoms. The quantitative estimate of drug-likeness (QED) is 0.655. The Labute approximate surface area is 189 Å². The van der Waals surface area contributed by atoms with Gasteiger partial charge in [-0.05, 0) is 80.3 Å². The molecule has 1 saturated heterocycles. The lowest BCUT2D eigenvalue weighted by atomic mass is 9.85. The molecule has 1 aliphatic heterocycles. The minimum atomic E-state index is -0.111. The van der Waals surface area contributed by atoms with Gasteiger partial charge in [0.05, 0.1) is 12.0 Å². The second-order valence-electron chi connectivity index (χ2n) is 9.18. The zero-order valence-corrected chi connectivity index (χ0v) is 18.6. The number of rotatable bonds is 4. The summed E-state index contributed by atoms with van der Waals surface area (Å²) >= 11 is 5.97. The van der Waals surface area contributed by atoms with E-state index in [1.54, 1.807) is 24.3 Å². The molecule has 2 aromatic carbocycles. The Bertz CT molecular complexity index is 970. The summed E-state index contributed by atoms with van der Waals surface area (Å²) < 4.78 is 0. The van der Waals surface area contributed by atoms with Gasteiger partial charge in [0.25, 0.3) is 5.91 Å². The first-order chi connectivity index (χ1) is 15.1. The van der Waals surface area contributed by atoms with Crippen molar-refractivity contribution in [2.45, 2.75) is 57.0 Å². The molecule has 1 saturated carbocycles. The molecule has 5 heteroatoms. The number of nitrogens with zero attached hydrogens (tertiary/aromatic N) is 2. The lowest BCUT2D eigenvalue weighted by Gasteiger charge is -2.40. The molecule has 0 radical (unpaired) electrons. The fraction of sp³-hybridized carbons (Fsp3) is 0.462. The van der Waals surface area contributed by atoms with Gasteiger partial charge in [0.2, 0.25) is 5.91 Å². The normalized spacial score (nSPS) is 23.2. The minimum Gasteiger partial charge on any atom is -0.338 e. The molecule has 2 unspecified atom stereocenters. The van der Waals surface area contributed by atoms with Crippen LogP contribution >= 0.6 is 11.6 Å². The maximum Gasteiger partial charge on any atom is 0.253 e. The largest absolute Gasteiger partial charge is 0.338 e. The monoisotopic (exact) mass is 436 g/mol. The average molecular weight is 437 g/mol. The first kappa shape index (κ1) is 20.6. The molecule has 1 heterocycles. The molecule has 31 heavy (non-hydrogen) atoms. The van der Waals surface area contributed by atoms with Crippen LogP contribution in [0.25, 0.3) is 0 Å². The van der Waals surface area contributed by atoms with Gasteiger partial charge in [0.15, 0.2) is 0 Å². The highest BCUT2D eigenvalue weighted by Gasteiger charge is 2.42. The molecule has 4 nitrogen and oxygen atoms in total. The van der Waals surface area contributed by atoms with Gasteiger partial charge in [0, 0.05) is 29.7 Å². The van der Waals surface area contributed by atoms with E-state index in [0.717, 1.165) is 44.9 Å². The minimum absolute atomic E-state index is 0.00449. The highest BCUT2D eigenvalue weighted by atomic mass is 35.5. The summed E-state index contributed by atoms with van der Waals surface area (Å²) in [6.45, 7) is 1.22. The second-order valence-corrected chi connectivity index (χ2v) is 9.62. The average Bonchev–Trinajstić information content (AvgIpc) is 3.65. The Morgan fingerprint density at radius 3 is 2.48 bits per heavy atom. The van der Waals surface area contributed by atoms with Crippen LogP contribution in [0.4, 0.5) is 0 Å². The molecule has 2 fully saturated rings. The number of aryl methyl sites for hydroxylation is 1. The third-order valence-electron chi connectivity index (χ3n) is 7.02. The topological polar surface area (TPSA) is 40.6 Å². The molecular weight excluding hydrogens is 408 g/mol. The van der Waals surface area contributed by atoms with Crippen LogP contribution in [0.5, 0.6) is 0 Å². The molecular formula is C26H29ClN2O2. The van der Waals surface area contributed by atoms with Crippen LogP contribution in [-0.2, 0) is 11.2 Å². The number of halogens is 1. The molecule has 162 valence electrons. The zero-order valence-electron chi connectivity index (χ0n) is 17.8.